The number of hydrogen-bond acceptors (Lipinski definition) is 3. The fourth-order valence-electron chi connectivity index (χ4n) is 1.95. The summed E-state index contributed by atoms with van der Waals surface area (Å²) in [6.07, 6.45) is 0.833. The third kappa shape index (κ3) is 2.05. The SMILES string of the molecule is CCc1c(-c2cccc(C)c2Br)sc(C#N)c1N. The van der Waals surface area contributed by atoms with Crippen molar-refractivity contribution in [1.29, 1.82) is 5.26 Å². The lowest BCUT2D eigenvalue weighted by atomic mass is 10.0. The van der Waals surface area contributed by atoms with Gasteiger partial charge in [-0.2, -0.15) is 5.26 Å². The highest BCUT2D eigenvalue weighted by atomic mass is 79.9. The Morgan fingerprint density at radius 1 is 1.44 bits per heavy atom. The molecular formula is C14H13BrN2S. The van der Waals surface area contributed by atoms with Crippen molar-refractivity contribution in [2.24, 2.45) is 0 Å². The van der Waals surface area contributed by atoms with Crippen molar-refractivity contribution in [3.8, 4) is 16.5 Å². The van der Waals surface area contributed by atoms with Gasteiger partial charge in [0, 0.05) is 14.9 Å². The van der Waals surface area contributed by atoms with Gasteiger partial charge in [-0.1, -0.05) is 25.1 Å². The van der Waals surface area contributed by atoms with Crippen molar-refractivity contribution >= 4 is 33.0 Å². The van der Waals surface area contributed by atoms with Gasteiger partial charge in [0.25, 0.3) is 0 Å². The third-order valence-corrected chi connectivity index (χ3v) is 5.18. The molecule has 0 aliphatic heterocycles. The zero-order valence-corrected chi connectivity index (χ0v) is 12.7. The van der Waals surface area contributed by atoms with Gasteiger partial charge in [-0.3, -0.25) is 0 Å². The molecule has 1 aromatic carbocycles. The van der Waals surface area contributed by atoms with Gasteiger partial charge in [0.1, 0.15) is 10.9 Å². The molecule has 92 valence electrons. The number of nitrogens with zero attached hydrogens (tertiary/aromatic N) is 1. The summed E-state index contributed by atoms with van der Waals surface area (Å²) >= 11 is 5.09. The molecule has 18 heavy (non-hydrogen) atoms. The highest BCUT2D eigenvalue weighted by molar-refractivity contribution is 9.10. The van der Waals surface area contributed by atoms with Gasteiger partial charge in [-0.15, -0.1) is 11.3 Å². The molecule has 0 aliphatic rings. The van der Waals surface area contributed by atoms with E-state index in [1.54, 1.807) is 0 Å². The number of anilines is 1. The quantitative estimate of drug-likeness (QED) is 0.885. The molecule has 2 aromatic rings. The summed E-state index contributed by atoms with van der Waals surface area (Å²) in [6, 6.07) is 8.31. The lowest BCUT2D eigenvalue weighted by Gasteiger charge is -2.07. The molecule has 2 N–H and O–H groups in total. The van der Waals surface area contributed by atoms with E-state index in [4.69, 9.17) is 11.0 Å². The van der Waals surface area contributed by atoms with Crippen molar-refractivity contribution < 1.29 is 0 Å². The minimum Gasteiger partial charge on any atom is -0.397 e. The van der Waals surface area contributed by atoms with Crippen molar-refractivity contribution in [2.45, 2.75) is 20.3 Å². The zero-order chi connectivity index (χ0) is 13.3. The minimum absolute atomic E-state index is 0.607. The van der Waals surface area contributed by atoms with E-state index in [9.17, 15) is 0 Å². The number of rotatable bonds is 2. The molecule has 0 fully saturated rings. The molecule has 0 aliphatic carbocycles. The molecule has 0 saturated carbocycles. The lowest BCUT2D eigenvalue weighted by molar-refractivity contribution is 1.16. The summed E-state index contributed by atoms with van der Waals surface area (Å²) < 4.78 is 1.07. The molecule has 2 nitrogen and oxygen atoms in total. The fourth-order valence-corrected chi connectivity index (χ4v) is 3.69. The van der Waals surface area contributed by atoms with Crippen molar-refractivity contribution in [3.05, 3.63) is 38.7 Å². The van der Waals surface area contributed by atoms with Gasteiger partial charge < -0.3 is 5.73 Å². The van der Waals surface area contributed by atoms with E-state index in [1.165, 1.54) is 16.9 Å². The molecule has 4 heteroatoms. The van der Waals surface area contributed by atoms with Crippen LogP contribution in [0, 0.1) is 18.3 Å². The van der Waals surface area contributed by atoms with Crippen LogP contribution < -0.4 is 5.73 Å². The molecule has 1 aromatic heterocycles. The van der Waals surface area contributed by atoms with Gasteiger partial charge in [-0.25, -0.2) is 0 Å². The predicted octanol–water partition coefficient (Wildman–Crippen LogP) is 4.50. The summed E-state index contributed by atoms with van der Waals surface area (Å²) in [4.78, 5) is 1.71. The third-order valence-electron chi connectivity index (χ3n) is 2.94. The topological polar surface area (TPSA) is 49.8 Å². The maximum Gasteiger partial charge on any atom is 0.128 e. The fraction of sp³-hybridized carbons (Fsp3) is 0.214. The van der Waals surface area contributed by atoms with Crippen LogP contribution in [-0.4, -0.2) is 0 Å². The number of nitriles is 1. The Bertz CT molecular complexity index is 638. The largest absolute Gasteiger partial charge is 0.397 e. The molecule has 1 heterocycles. The van der Waals surface area contributed by atoms with Crippen LogP contribution in [0.3, 0.4) is 0 Å². The number of benzene rings is 1. The van der Waals surface area contributed by atoms with Crippen LogP contribution >= 0.6 is 27.3 Å². The summed E-state index contributed by atoms with van der Waals surface area (Å²) in [5.41, 5.74) is 10.0. The van der Waals surface area contributed by atoms with Crippen LogP contribution in [0.4, 0.5) is 5.69 Å². The van der Waals surface area contributed by atoms with Gasteiger partial charge in [0.05, 0.1) is 5.69 Å². The average Bonchev–Trinajstić information content (AvgIpc) is 2.69. The highest BCUT2D eigenvalue weighted by Gasteiger charge is 2.17. The minimum atomic E-state index is 0.607. The first-order valence-corrected chi connectivity index (χ1v) is 7.27. The van der Waals surface area contributed by atoms with E-state index < -0.39 is 0 Å². The van der Waals surface area contributed by atoms with Gasteiger partial charge in [0.15, 0.2) is 0 Å². The Labute approximate surface area is 119 Å². The first-order chi connectivity index (χ1) is 8.60. The first kappa shape index (κ1) is 13.1. The van der Waals surface area contributed by atoms with Crippen LogP contribution in [0.25, 0.3) is 10.4 Å². The van der Waals surface area contributed by atoms with Crippen molar-refractivity contribution in [3.63, 3.8) is 0 Å². The van der Waals surface area contributed by atoms with Crippen LogP contribution in [0.1, 0.15) is 22.9 Å². The molecule has 2 rings (SSSR count). The standard InChI is InChI=1S/C14H13BrN2S/c1-3-9-13(17)11(7-16)18-14(9)10-6-4-5-8(2)12(10)15/h4-6H,3,17H2,1-2H3. The normalized spacial score (nSPS) is 10.3. The molecule has 0 atom stereocenters. The van der Waals surface area contributed by atoms with Crippen LogP contribution in [0.15, 0.2) is 22.7 Å². The molecule has 0 radical (unpaired) electrons. The van der Waals surface area contributed by atoms with Crippen molar-refractivity contribution in [1.82, 2.24) is 0 Å². The number of nitrogen functional groups attached to an aromatic ring is 1. The summed E-state index contributed by atoms with van der Waals surface area (Å²) in [6.45, 7) is 4.12. The molecular weight excluding hydrogens is 308 g/mol. The van der Waals surface area contributed by atoms with Gasteiger partial charge in [-0.05, 0) is 40.4 Å². The number of nitrogens with two attached hydrogens (primary N) is 1. The van der Waals surface area contributed by atoms with E-state index in [-0.39, 0.29) is 0 Å². The Hall–Kier alpha value is -1.31. The summed E-state index contributed by atoms with van der Waals surface area (Å²) in [7, 11) is 0. The molecule has 0 amide bonds. The smallest absolute Gasteiger partial charge is 0.128 e. The van der Waals surface area contributed by atoms with Crippen LogP contribution in [0.2, 0.25) is 0 Å². The Balaban J connectivity index is 2.72. The second-order valence-corrected chi connectivity index (χ2v) is 5.87. The lowest BCUT2D eigenvalue weighted by Crippen LogP contribution is -1.92. The number of thiophene rings is 1. The Morgan fingerprint density at radius 3 is 2.78 bits per heavy atom. The highest BCUT2D eigenvalue weighted by Crippen LogP contribution is 2.42. The monoisotopic (exact) mass is 320 g/mol. The maximum atomic E-state index is 9.09. The Morgan fingerprint density at radius 2 is 2.17 bits per heavy atom. The summed E-state index contributed by atoms with van der Waals surface area (Å²) in [5.74, 6) is 0. The Kier molecular flexibility index (Phi) is 3.74. The number of aryl methyl sites for hydroxylation is 1. The second-order valence-electron chi connectivity index (χ2n) is 4.05. The van der Waals surface area contributed by atoms with E-state index in [1.807, 2.05) is 6.07 Å². The molecule has 0 bridgehead atoms. The molecule has 0 spiro atoms. The van der Waals surface area contributed by atoms with E-state index >= 15 is 0 Å². The predicted molar refractivity (Wildman–Crippen MR) is 80.7 cm³/mol. The van der Waals surface area contributed by atoms with Gasteiger partial charge >= 0.3 is 0 Å². The van der Waals surface area contributed by atoms with Crippen molar-refractivity contribution in [2.75, 3.05) is 5.73 Å². The first-order valence-electron chi connectivity index (χ1n) is 5.66. The summed E-state index contributed by atoms with van der Waals surface area (Å²) in [5, 5.41) is 9.09. The van der Waals surface area contributed by atoms with Gasteiger partial charge in [0.2, 0.25) is 0 Å². The average molecular weight is 321 g/mol. The number of hydrogen-bond donors (Lipinski definition) is 1. The van der Waals surface area contributed by atoms with E-state index in [0.29, 0.717) is 10.6 Å². The maximum absolute atomic E-state index is 9.09. The zero-order valence-electron chi connectivity index (χ0n) is 10.2. The van der Waals surface area contributed by atoms with Crippen LogP contribution in [0.5, 0.6) is 0 Å². The number of halogens is 1. The second kappa shape index (κ2) is 5.13. The molecule has 0 unspecified atom stereocenters. The van der Waals surface area contributed by atoms with E-state index in [2.05, 4.69) is 48.0 Å². The van der Waals surface area contributed by atoms with Crippen LogP contribution in [-0.2, 0) is 6.42 Å². The van der Waals surface area contributed by atoms with E-state index in [0.717, 1.165) is 26.9 Å². The molecule has 0 saturated heterocycles.